The zero-order chi connectivity index (χ0) is 11.3. The lowest BCUT2D eigenvalue weighted by Crippen LogP contribution is -2.45. The molecule has 1 rings (SSSR count). The van der Waals surface area contributed by atoms with E-state index in [1.165, 1.54) is 0 Å². The molecule has 0 bridgehead atoms. The van der Waals surface area contributed by atoms with Crippen molar-refractivity contribution in [2.24, 2.45) is 5.92 Å². The number of piperidine rings is 1. The molecule has 0 aliphatic carbocycles. The van der Waals surface area contributed by atoms with Gasteiger partial charge in [-0.15, -0.1) is 0 Å². The van der Waals surface area contributed by atoms with Crippen molar-refractivity contribution in [3.63, 3.8) is 0 Å². The van der Waals surface area contributed by atoms with Crippen molar-refractivity contribution in [2.45, 2.75) is 32.7 Å². The van der Waals surface area contributed by atoms with Gasteiger partial charge in [0.2, 0.25) is 5.91 Å². The van der Waals surface area contributed by atoms with Gasteiger partial charge in [-0.2, -0.15) is 5.26 Å². The second kappa shape index (κ2) is 5.72. The minimum Gasteiger partial charge on any atom is -0.356 e. The Balaban J connectivity index is 2.49. The van der Waals surface area contributed by atoms with Crippen LogP contribution in [0.2, 0.25) is 0 Å². The lowest BCUT2D eigenvalue weighted by Gasteiger charge is -2.33. The molecule has 1 aliphatic heterocycles. The molecule has 0 aromatic rings. The number of hydrogen-bond acceptors (Lipinski definition) is 3. The first-order valence-corrected chi connectivity index (χ1v) is 5.60. The van der Waals surface area contributed by atoms with Gasteiger partial charge in [0, 0.05) is 13.1 Å². The van der Waals surface area contributed by atoms with Crippen LogP contribution in [0.3, 0.4) is 0 Å². The third-order valence-corrected chi connectivity index (χ3v) is 2.91. The van der Waals surface area contributed by atoms with Gasteiger partial charge in [0.15, 0.2) is 0 Å². The lowest BCUT2D eigenvalue weighted by atomic mass is 9.96. The second-order valence-electron chi connectivity index (χ2n) is 4.03. The van der Waals surface area contributed by atoms with E-state index < -0.39 is 0 Å². The molecule has 1 heterocycles. The fraction of sp³-hybridized carbons (Fsp3) is 0.818. The summed E-state index contributed by atoms with van der Waals surface area (Å²) in [7, 11) is 0. The van der Waals surface area contributed by atoms with Crippen LogP contribution in [0.25, 0.3) is 0 Å². The molecular weight excluding hydrogens is 190 g/mol. The molecule has 4 heteroatoms. The van der Waals surface area contributed by atoms with Crippen LogP contribution in [0.1, 0.15) is 26.7 Å². The maximum absolute atomic E-state index is 11.6. The summed E-state index contributed by atoms with van der Waals surface area (Å²) in [4.78, 5) is 13.7. The van der Waals surface area contributed by atoms with Crippen LogP contribution in [-0.2, 0) is 4.79 Å². The number of rotatable bonds is 3. The highest BCUT2D eigenvalue weighted by Gasteiger charge is 2.27. The van der Waals surface area contributed by atoms with Gasteiger partial charge in [-0.25, -0.2) is 0 Å². The molecule has 84 valence electrons. The Hall–Kier alpha value is -1.08. The Morgan fingerprint density at radius 3 is 3.07 bits per heavy atom. The largest absolute Gasteiger partial charge is 0.356 e. The molecule has 0 aromatic carbocycles. The minimum atomic E-state index is -0.0813. The highest BCUT2D eigenvalue weighted by molar-refractivity contribution is 5.78. The summed E-state index contributed by atoms with van der Waals surface area (Å²) in [6, 6.07) is 2.14. The van der Waals surface area contributed by atoms with Crippen LogP contribution in [0.5, 0.6) is 0 Å². The van der Waals surface area contributed by atoms with Gasteiger partial charge in [0.25, 0.3) is 0 Å². The van der Waals surface area contributed by atoms with E-state index in [1.54, 1.807) is 0 Å². The first-order chi connectivity index (χ1) is 7.19. The topological polar surface area (TPSA) is 56.1 Å². The van der Waals surface area contributed by atoms with E-state index in [1.807, 2.05) is 13.8 Å². The molecule has 1 amide bonds. The molecule has 2 atom stereocenters. The number of amides is 1. The summed E-state index contributed by atoms with van der Waals surface area (Å²) in [5, 5.41) is 11.7. The maximum atomic E-state index is 11.6. The van der Waals surface area contributed by atoms with Crippen LogP contribution < -0.4 is 5.32 Å². The fourth-order valence-electron chi connectivity index (χ4n) is 1.97. The van der Waals surface area contributed by atoms with Crippen LogP contribution in [0.15, 0.2) is 0 Å². The third-order valence-electron chi connectivity index (χ3n) is 2.91. The smallest absolute Gasteiger partial charge is 0.224 e. The van der Waals surface area contributed by atoms with Crippen molar-refractivity contribution < 1.29 is 4.79 Å². The molecule has 1 N–H and O–H groups in total. The maximum Gasteiger partial charge on any atom is 0.224 e. The van der Waals surface area contributed by atoms with E-state index in [0.717, 1.165) is 25.9 Å². The van der Waals surface area contributed by atoms with Gasteiger partial charge in [-0.1, -0.05) is 0 Å². The number of likely N-dealkylation sites (tertiary alicyclic amines) is 1. The van der Waals surface area contributed by atoms with Gasteiger partial charge in [0.1, 0.15) is 0 Å². The van der Waals surface area contributed by atoms with Crippen molar-refractivity contribution in [1.82, 2.24) is 10.2 Å². The predicted octanol–water partition coefficient (Wildman–Crippen LogP) is 0.747. The second-order valence-corrected chi connectivity index (χ2v) is 4.03. The van der Waals surface area contributed by atoms with Gasteiger partial charge < -0.3 is 5.32 Å². The summed E-state index contributed by atoms with van der Waals surface area (Å²) in [5.41, 5.74) is 0. The van der Waals surface area contributed by atoms with E-state index in [9.17, 15) is 4.79 Å². The molecule has 15 heavy (non-hydrogen) atoms. The van der Waals surface area contributed by atoms with Crippen LogP contribution in [0, 0.1) is 17.2 Å². The predicted molar refractivity (Wildman–Crippen MR) is 58.1 cm³/mol. The van der Waals surface area contributed by atoms with Crippen molar-refractivity contribution in [3.05, 3.63) is 0 Å². The van der Waals surface area contributed by atoms with E-state index in [4.69, 9.17) is 5.26 Å². The number of nitrogens with one attached hydrogen (secondary N) is 1. The van der Waals surface area contributed by atoms with Crippen LogP contribution in [0.4, 0.5) is 0 Å². The molecule has 4 nitrogen and oxygen atoms in total. The van der Waals surface area contributed by atoms with Crippen LogP contribution >= 0.6 is 0 Å². The summed E-state index contributed by atoms with van der Waals surface area (Å²) >= 11 is 0. The van der Waals surface area contributed by atoms with Gasteiger partial charge in [0.05, 0.1) is 18.0 Å². The summed E-state index contributed by atoms with van der Waals surface area (Å²) < 4.78 is 0. The van der Waals surface area contributed by atoms with E-state index in [-0.39, 0.29) is 17.9 Å². The Morgan fingerprint density at radius 1 is 1.73 bits per heavy atom. The SMILES string of the molecule is CCNC(=O)[C@@H]1CCCN([C@H](C)C#N)C1. The number of carbonyl (C=O) groups excluding carboxylic acids is 1. The van der Waals surface area contributed by atoms with E-state index >= 15 is 0 Å². The monoisotopic (exact) mass is 209 g/mol. The van der Waals surface area contributed by atoms with Crippen molar-refractivity contribution >= 4 is 5.91 Å². The minimum absolute atomic E-state index is 0.0644. The molecule has 1 aliphatic rings. The fourth-order valence-corrected chi connectivity index (χ4v) is 1.97. The molecule has 0 saturated carbocycles. The standard InChI is InChI=1S/C11H19N3O/c1-3-13-11(15)10-5-4-6-14(8-10)9(2)7-12/h9-10H,3-6,8H2,1-2H3,(H,13,15)/t9-,10-/m1/s1. The molecule has 0 aromatic heterocycles. The van der Waals surface area contributed by atoms with E-state index in [0.29, 0.717) is 6.54 Å². The first-order valence-electron chi connectivity index (χ1n) is 5.60. The molecule has 0 radical (unpaired) electrons. The first kappa shape index (κ1) is 12.0. The Morgan fingerprint density at radius 2 is 2.47 bits per heavy atom. The van der Waals surface area contributed by atoms with Crippen LogP contribution in [-0.4, -0.2) is 36.5 Å². The number of hydrogen-bond donors (Lipinski definition) is 1. The highest BCUT2D eigenvalue weighted by Crippen LogP contribution is 2.18. The number of carbonyl (C=O) groups is 1. The van der Waals surface area contributed by atoms with Gasteiger partial charge in [-0.3, -0.25) is 9.69 Å². The zero-order valence-electron chi connectivity index (χ0n) is 9.49. The average Bonchev–Trinajstić information content (AvgIpc) is 2.28. The summed E-state index contributed by atoms with van der Waals surface area (Å²) in [6.07, 6.45) is 1.95. The van der Waals surface area contributed by atoms with Crippen molar-refractivity contribution in [1.29, 1.82) is 5.26 Å². The van der Waals surface area contributed by atoms with Gasteiger partial charge >= 0.3 is 0 Å². The summed E-state index contributed by atoms with van der Waals surface area (Å²) in [5.74, 6) is 0.196. The Labute approximate surface area is 91.2 Å². The zero-order valence-corrected chi connectivity index (χ0v) is 9.49. The van der Waals surface area contributed by atoms with Crippen molar-refractivity contribution in [2.75, 3.05) is 19.6 Å². The molecule has 0 spiro atoms. The number of nitrogens with zero attached hydrogens (tertiary/aromatic N) is 2. The molecular formula is C11H19N3O. The Bertz CT molecular complexity index is 259. The normalized spacial score (nSPS) is 24.2. The number of nitriles is 1. The highest BCUT2D eigenvalue weighted by atomic mass is 16.1. The van der Waals surface area contributed by atoms with Crippen molar-refractivity contribution in [3.8, 4) is 6.07 Å². The Kier molecular flexibility index (Phi) is 4.57. The quantitative estimate of drug-likeness (QED) is 0.746. The molecule has 1 saturated heterocycles. The average molecular weight is 209 g/mol. The molecule has 0 unspecified atom stereocenters. The molecule has 1 fully saturated rings. The van der Waals surface area contributed by atoms with Gasteiger partial charge in [-0.05, 0) is 33.2 Å². The lowest BCUT2D eigenvalue weighted by molar-refractivity contribution is -0.126. The third kappa shape index (κ3) is 3.21. The van der Waals surface area contributed by atoms with E-state index in [2.05, 4.69) is 16.3 Å². The summed E-state index contributed by atoms with van der Waals surface area (Å²) in [6.45, 7) is 6.16.